The molecule has 0 aliphatic heterocycles. The van der Waals surface area contributed by atoms with Crippen molar-refractivity contribution in [2.24, 2.45) is 0 Å². The summed E-state index contributed by atoms with van der Waals surface area (Å²) in [6.07, 6.45) is 2.50. The number of aliphatic hydroxyl groups is 1. The number of carboxylic acid groups (broad SMARTS) is 2. The van der Waals surface area contributed by atoms with Crippen molar-refractivity contribution in [1.29, 1.82) is 0 Å². The van der Waals surface area contributed by atoms with E-state index in [2.05, 4.69) is 6.58 Å². The maximum atomic E-state index is 9.55. The third kappa shape index (κ3) is 11.1. The Bertz CT molecular complexity index is 475. The molecule has 0 aromatic heterocycles. The normalized spacial score (nSPS) is 9.50. The standard InChI is InChI=1S/C11H14O3.C4H4O4/c1-2-13-7-8-14-11-5-3-10(9-12)4-6-11;5-3(6)1-2-4(7)8/h2-6,12H,1,7-9H2;1-2H,(H,5,6)(H,7,8)/b;2-1-. The monoisotopic (exact) mass is 310 g/mol. The van der Waals surface area contributed by atoms with Crippen LogP contribution < -0.4 is 4.74 Å². The van der Waals surface area contributed by atoms with Gasteiger partial charge < -0.3 is 24.8 Å². The molecule has 7 nitrogen and oxygen atoms in total. The minimum atomic E-state index is -1.26. The van der Waals surface area contributed by atoms with E-state index in [1.807, 2.05) is 24.3 Å². The zero-order valence-corrected chi connectivity index (χ0v) is 11.8. The summed E-state index contributed by atoms with van der Waals surface area (Å²) in [4.78, 5) is 19.1. The van der Waals surface area contributed by atoms with Gasteiger partial charge in [-0.2, -0.15) is 0 Å². The lowest BCUT2D eigenvalue weighted by molar-refractivity contribution is -0.134. The molecule has 3 N–H and O–H groups in total. The van der Waals surface area contributed by atoms with Crippen LogP contribution in [0.25, 0.3) is 0 Å². The van der Waals surface area contributed by atoms with Gasteiger partial charge in [0.25, 0.3) is 0 Å². The third-order valence-corrected chi connectivity index (χ3v) is 2.06. The Kier molecular flexibility index (Phi) is 10.5. The molecule has 120 valence electrons. The van der Waals surface area contributed by atoms with Crippen LogP contribution >= 0.6 is 0 Å². The minimum absolute atomic E-state index is 0.0554. The molecule has 0 saturated heterocycles. The van der Waals surface area contributed by atoms with Crippen molar-refractivity contribution in [1.82, 2.24) is 0 Å². The average Bonchev–Trinajstić information content (AvgIpc) is 2.51. The van der Waals surface area contributed by atoms with E-state index in [-0.39, 0.29) is 6.61 Å². The van der Waals surface area contributed by atoms with Crippen molar-refractivity contribution in [2.45, 2.75) is 6.61 Å². The highest BCUT2D eigenvalue weighted by Crippen LogP contribution is 2.11. The van der Waals surface area contributed by atoms with E-state index in [0.717, 1.165) is 11.3 Å². The first kappa shape index (κ1) is 19.2. The van der Waals surface area contributed by atoms with E-state index in [4.69, 9.17) is 24.8 Å². The average molecular weight is 310 g/mol. The number of aliphatic carboxylic acids is 2. The van der Waals surface area contributed by atoms with Crippen LogP contribution in [0.3, 0.4) is 0 Å². The van der Waals surface area contributed by atoms with Gasteiger partial charge in [0, 0.05) is 12.2 Å². The van der Waals surface area contributed by atoms with Gasteiger partial charge in [-0.3, -0.25) is 0 Å². The molecular weight excluding hydrogens is 292 g/mol. The predicted molar refractivity (Wildman–Crippen MR) is 78.4 cm³/mol. The zero-order chi connectivity index (χ0) is 16.8. The molecule has 0 atom stereocenters. The number of benzene rings is 1. The second-order valence-electron chi connectivity index (χ2n) is 3.70. The summed E-state index contributed by atoms with van der Waals surface area (Å²) >= 11 is 0. The van der Waals surface area contributed by atoms with Gasteiger partial charge in [-0.25, -0.2) is 9.59 Å². The maximum Gasteiger partial charge on any atom is 0.328 e. The summed E-state index contributed by atoms with van der Waals surface area (Å²) in [6.45, 7) is 4.46. The Morgan fingerprint density at radius 3 is 2.00 bits per heavy atom. The van der Waals surface area contributed by atoms with Crippen LogP contribution in [0.1, 0.15) is 5.56 Å². The van der Waals surface area contributed by atoms with Crippen molar-refractivity contribution in [3.8, 4) is 5.75 Å². The molecule has 1 aromatic carbocycles. The van der Waals surface area contributed by atoms with Gasteiger partial charge >= 0.3 is 11.9 Å². The molecule has 0 amide bonds. The fraction of sp³-hybridized carbons (Fsp3) is 0.200. The van der Waals surface area contributed by atoms with Gasteiger partial charge in [-0.05, 0) is 17.7 Å². The number of carboxylic acids is 2. The first-order chi connectivity index (χ1) is 10.5. The molecule has 0 fully saturated rings. The molecule has 7 heteroatoms. The summed E-state index contributed by atoms with van der Waals surface area (Å²) in [7, 11) is 0. The Balaban J connectivity index is 0.000000472. The van der Waals surface area contributed by atoms with Crippen LogP contribution in [0.15, 0.2) is 49.3 Å². The van der Waals surface area contributed by atoms with E-state index < -0.39 is 11.9 Å². The molecule has 22 heavy (non-hydrogen) atoms. The van der Waals surface area contributed by atoms with Crippen molar-refractivity contribution < 1.29 is 34.4 Å². The highest BCUT2D eigenvalue weighted by Gasteiger charge is 1.94. The molecule has 0 saturated carbocycles. The van der Waals surface area contributed by atoms with Crippen LogP contribution in [0.2, 0.25) is 0 Å². The Hall–Kier alpha value is -2.80. The summed E-state index contributed by atoms with van der Waals surface area (Å²) in [5, 5.41) is 24.4. The highest BCUT2D eigenvalue weighted by atomic mass is 16.5. The largest absolute Gasteiger partial charge is 0.498 e. The predicted octanol–water partition coefficient (Wildman–Crippen LogP) is 1.43. The summed E-state index contributed by atoms with van der Waals surface area (Å²) in [6, 6.07) is 7.28. The molecule has 0 unspecified atom stereocenters. The van der Waals surface area contributed by atoms with Gasteiger partial charge in [0.05, 0.1) is 12.9 Å². The van der Waals surface area contributed by atoms with Crippen molar-refractivity contribution >= 4 is 11.9 Å². The van der Waals surface area contributed by atoms with E-state index in [0.29, 0.717) is 25.4 Å². The quantitative estimate of drug-likeness (QED) is 0.378. The molecule has 1 aromatic rings. The Morgan fingerprint density at radius 1 is 1.05 bits per heavy atom. The first-order valence-corrected chi connectivity index (χ1v) is 6.18. The van der Waals surface area contributed by atoms with E-state index >= 15 is 0 Å². The Labute approximate surface area is 127 Å². The van der Waals surface area contributed by atoms with Gasteiger partial charge in [-0.15, -0.1) is 0 Å². The van der Waals surface area contributed by atoms with Gasteiger partial charge in [0.2, 0.25) is 0 Å². The summed E-state index contributed by atoms with van der Waals surface area (Å²) < 4.78 is 10.3. The van der Waals surface area contributed by atoms with Crippen molar-refractivity contribution in [2.75, 3.05) is 13.2 Å². The van der Waals surface area contributed by atoms with Gasteiger partial charge in [-0.1, -0.05) is 18.7 Å². The van der Waals surface area contributed by atoms with E-state index in [1.165, 1.54) is 6.26 Å². The Morgan fingerprint density at radius 2 is 1.59 bits per heavy atom. The third-order valence-electron chi connectivity index (χ3n) is 2.06. The van der Waals surface area contributed by atoms with Crippen LogP contribution in [-0.2, 0) is 20.9 Å². The van der Waals surface area contributed by atoms with Crippen LogP contribution in [0.4, 0.5) is 0 Å². The highest BCUT2D eigenvalue weighted by molar-refractivity contribution is 5.89. The van der Waals surface area contributed by atoms with Crippen molar-refractivity contribution in [3.05, 3.63) is 54.8 Å². The lowest BCUT2D eigenvalue weighted by Gasteiger charge is -2.05. The fourth-order valence-electron chi connectivity index (χ4n) is 1.12. The molecule has 1 rings (SSSR count). The lowest BCUT2D eigenvalue weighted by Crippen LogP contribution is -2.03. The minimum Gasteiger partial charge on any atom is -0.498 e. The molecular formula is C15H18O7. The molecule has 0 aliphatic rings. The first-order valence-electron chi connectivity index (χ1n) is 6.18. The smallest absolute Gasteiger partial charge is 0.328 e. The summed E-state index contributed by atoms with van der Waals surface area (Å²) in [5.41, 5.74) is 0.875. The molecule has 0 heterocycles. The van der Waals surface area contributed by atoms with Crippen LogP contribution in [0, 0.1) is 0 Å². The van der Waals surface area contributed by atoms with Crippen LogP contribution in [0.5, 0.6) is 5.75 Å². The lowest BCUT2D eigenvalue weighted by atomic mass is 10.2. The number of rotatable bonds is 8. The number of hydrogen-bond acceptors (Lipinski definition) is 5. The van der Waals surface area contributed by atoms with Gasteiger partial charge in [0.1, 0.15) is 19.0 Å². The van der Waals surface area contributed by atoms with E-state index in [9.17, 15) is 9.59 Å². The topological polar surface area (TPSA) is 113 Å². The molecule has 0 bridgehead atoms. The second kappa shape index (κ2) is 12.0. The zero-order valence-electron chi connectivity index (χ0n) is 11.8. The van der Waals surface area contributed by atoms with Gasteiger partial charge in [0.15, 0.2) is 0 Å². The van der Waals surface area contributed by atoms with E-state index in [1.54, 1.807) is 0 Å². The number of hydrogen-bond donors (Lipinski definition) is 3. The second-order valence-corrected chi connectivity index (χ2v) is 3.70. The summed E-state index contributed by atoms with van der Waals surface area (Å²) in [5.74, 6) is -1.74. The molecule has 0 spiro atoms. The number of ether oxygens (including phenoxy) is 2. The number of carbonyl (C=O) groups is 2. The maximum absolute atomic E-state index is 9.55. The number of aliphatic hydroxyl groups excluding tert-OH is 1. The van der Waals surface area contributed by atoms with Crippen LogP contribution in [-0.4, -0.2) is 40.5 Å². The van der Waals surface area contributed by atoms with Crippen molar-refractivity contribution in [3.63, 3.8) is 0 Å². The SMILES string of the molecule is C=COCCOc1ccc(CO)cc1.O=C(O)/C=C\C(=O)O. The molecule has 0 aliphatic carbocycles. The fourth-order valence-corrected chi connectivity index (χ4v) is 1.12. The molecule has 0 radical (unpaired) electrons.